The Morgan fingerprint density at radius 2 is 1.81 bits per heavy atom. The number of hydrogen-bond donors (Lipinski definition) is 1. The lowest BCUT2D eigenvalue weighted by molar-refractivity contribution is 0.402. The highest BCUT2D eigenvalue weighted by atomic mass is 32.2. The fraction of sp³-hybridized carbons (Fsp3) is 0.167. The van der Waals surface area contributed by atoms with Gasteiger partial charge in [0.05, 0.1) is 18.5 Å². The Labute approximate surface area is 154 Å². The van der Waals surface area contributed by atoms with E-state index in [2.05, 4.69) is 9.88 Å². The summed E-state index contributed by atoms with van der Waals surface area (Å²) >= 11 is 0. The third kappa shape index (κ3) is 3.63. The van der Waals surface area contributed by atoms with E-state index in [0.29, 0.717) is 17.0 Å². The van der Waals surface area contributed by atoms with E-state index < -0.39 is 21.7 Å². The van der Waals surface area contributed by atoms with Crippen molar-refractivity contribution in [3.05, 3.63) is 59.3 Å². The lowest BCUT2D eigenvalue weighted by Gasteiger charge is -2.13. The Kier molecular flexibility index (Phi) is 4.88. The van der Waals surface area contributed by atoms with Crippen molar-refractivity contribution < 1.29 is 26.5 Å². The molecule has 27 heavy (non-hydrogen) atoms. The van der Waals surface area contributed by atoms with E-state index in [9.17, 15) is 17.2 Å². The number of halogens is 2. The summed E-state index contributed by atoms with van der Waals surface area (Å²) in [5.74, 6) is -1.72. The maximum absolute atomic E-state index is 13.4. The molecule has 0 aliphatic rings. The SMILES string of the molecule is COc1ccc(-c2onc(C)c2C)cc1S(=O)(=O)Nc1ccc(F)c(F)c1. The fourth-order valence-electron chi connectivity index (χ4n) is 2.48. The molecule has 9 heteroatoms. The van der Waals surface area contributed by atoms with Gasteiger partial charge in [0.25, 0.3) is 10.0 Å². The molecule has 1 heterocycles. The summed E-state index contributed by atoms with van der Waals surface area (Å²) in [6.07, 6.45) is 0. The minimum absolute atomic E-state index is 0.0859. The van der Waals surface area contributed by atoms with Crippen molar-refractivity contribution in [3.8, 4) is 17.1 Å². The summed E-state index contributed by atoms with van der Waals surface area (Å²) in [5.41, 5.74) is 1.83. The van der Waals surface area contributed by atoms with E-state index in [1.54, 1.807) is 19.9 Å². The summed E-state index contributed by atoms with van der Waals surface area (Å²) in [6, 6.07) is 7.20. The molecule has 0 bridgehead atoms. The molecule has 0 saturated heterocycles. The summed E-state index contributed by atoms with van der Waals surface area (Å²) in [4.78, 5) is -0.180. The van der Waals surface area contributed by atoms with Gasteiger partial charge in [-0.1, -0.05) is 5.16 Å². The van der Waals surface area contributed by atoms with Crippen molar-refractivity contribution >= 4 is 15.7 Å². The van der Waals surface area contributed by atoms with Crippen molar-refractivity contribution in [2.75, 3.05) is 11.8 Å². The lowest BCUT2D eigenvalue weighted by atomic mass is 10.1. The highest BCUT2D eigenvalue weighted by Gasteiger charge is 2.23. The van der Waals surface area contributed by atoms with Crippen molar-refractivity contribution in [1.82, 2.24) is 5.16 Å². The largest absolute Gasteiger partial charge is 0.495 e. The Balaban J connectivity index is 2.06. The van der Waals surface area contributed by atoms with Crippen LogP contribution in [0.1, 0.15) is 11.3 Å². The molecule has 142 valence electrons. The third-order valence-corrected chi connectivity index (χ3v) is 5.45. The minimum Gasteiger partial charge on any atom is -0.495 e. The quantitative estimate of drug-likeness (QED) is 0.706. The van der Waals surface area contributed by atoms with Crippen LogP contribution in [0.5, 0.6) is 5.75 Å². The number of rotatable bonds is 5. The Morgan fingerprint density at radius 1 is 1.07 bits per heavy atom. The minimum atomic E-state index is -4.15. The van der Waals surface area contributed by atoms with Crippen molar-refractivity contribution in [2.24, 2.45) is 0 Å². The van der Waals surface area contributed by atoms with Gasteiger partial charge in [0, 0.05) is 17.2 Å². The Hall–Kier alpha value is -2.94. The van der Waals surface area contributed by atoms with Crippen molar-refractivity contribution in [3.63, 3.8) is 0 Å². The summed E-state index contributed by atoms with van der Waals surface area (Å²) in [5, 5.41) is 3.86. The zero-order valence-corrected chi connectivity index (χ0v) is 15.5. The molecule has 0 aliphatic heterocycles. The van der Waals surface area contributed by atoms with Gasteiger partial charge >= 0.3 is 0 Å². The number of ether oxygens (including phenoxy) is 1. The van der Waals surface area contributed by atoms with Crippen molar-refractivity contribution in [1.29, 1.82) is 0 Å². The van der Waals surface area contributed by atoms with Gasteiger partial charge in [-0.05, 0) is 44.2 Å². The van der Waals surface area contributed by atoms with E-state index in [0.717, 1.165) is 23.8 Å². The zero-order valence-electron chi connectivity index (χ0n) is 14.7. The molecule has 0 unspecified atom stereocenters. The fourth-order valence-corrected chi connectivity index (χ4v) is 3.73. The maximum atomic E-state index is 13.4. The molecule has 0 saturated carbocycles. The number of nitrogens with zero attached hydrogens (tertiary/aromatic N) is 1. The first-order valence-corrected chi connectivity index (χ1v) is 9.30. The lowest BCUT2D eigenvalue weighted by Crippen LogP contribution is -2.14. The smallest absolute Gasteiger partial charge is 0.265 e. The number of aromatic nitrogens is 1. The van der Waals surface area contributed by atoms with Gasteiger partial charge in [0.1, 0.15) is 10.6 Å². The van der Waals surface area contributed by atoms with Crippen LogP contribution in [0.2, 0.25) is 0 Å². The van der Waals surface area contributed by atoms with Crippen LogP contribution in [-0.4, -0.2) is 20.7 Å². The molecule has 0 aliphatic carbocycles. The van der Waals surface area contributed by atoms with Crippen LogP contribution in [0.3, 0.4) is 0 Å². The normalized spacial score (nSPS) is 11.4. The highest BCUT2D eigenvalue weighted by Crippen LogP contribution is 2.33. The van der Waals surface area contributed by atoms with Gasteiger partial charge < -0.3 is 9.26 Å². The Bertz CT molecular complexity index is 1110. The van der Waals surface area contributed by atoms with Crippen LogP contribution in [0.4, 0.5) is 14.5 Å². The van der Waals surface area contributed by atoms with Gasteiger partial charge in [0.15, 0.2) is 17.4 Å². The molecule has 6 nitrogen and oxygen atoms in total. The molecule has 0 amide bonds. The number of hydrogen-bond acceptors (Lipinski definition) is 5. The topological polar surface area (TPSA) is 81.4 Å². The molecule has 0 radical (unpaired) electrons. The average molecular weight is 394 g/mol. The Morgan fingerprint density at radius 3 is 2.41 bits per heavy atom. The molecule has 0 fully saturated rings. The molecule has 0 atom stereocenters. The monoisotopic (exact) mass is 394 g/mol. The number of aryl methyl sites for hydroxylation is 1. The second-order valence-corrected chi connectivity index (χ2v) is 7.47. The summed E-state index contributed by atoms with van der Waals surface area (Å²) in [6.45, 7) is 3.58. The van der Waals surface area contributed by atoms with Gasteiger partial charge in [0.2, 0.25) is 0 Å². The predicted molar refractivity (Wildman–Crippen MR) is 95.1 cm³/mol. The van der Waals surface area contributed by atoms with Gasteiger partial charge in [-0.15, -0.1) is 0 Å². The standard InChI is InChI=1S/C18H16F2N2O4S/c1-10-11(2)21-26-18(10)12-4-7-16(25-3)17(8-12)27(23,24)22-13-5-6-14(19)15(20)9-13/h4-9,22H,1-3H3. The maximum Gasteiger partial charge on any atom is 0.265 e. The summed E-state index contributed by atoms with van der Waals surface area (Å²) < 4.78 is 64.7. The molecule has 1 aromatic heterocycles. The van der Waals surface area contributed by atoms with Crippen LogP contribution < -0.4 is 9.46 Å². The van der Waals surface area contributed by atoms with Gasteiger partial charge in [-0.3, -0.25) is 4.72 Å². The average Bonchev–Trinajstić information content (AvgIpc) is 2.96. The van der Waals surface area contributed by atoms with E-state index in [1.807, 2.05) is 0 Å². The van der Waals surface area contributed by atoms with Crippen LogP contribution in [0.25, 0.3) is 11.3 Å². The van der Waals surface area contributed by atoms with Crippen molar-refractivity contribution in [2.45, 2.75) is 18.7 Å². The number of anilines is 1. The molecule has 3 rings (SSSR count). The van der Waals surface area contributed by atoms with Gasteiger partial charge in [-0.25, -0.2) is 17.2 Å². The number of methoxy groups -OCH3 is 1. The van der Waals surface area contributed by atoms with E-state index in [1.165, 1.54) is 19.2 Å². The second-order valence-electron chi connectivity index (χ2n) is 5.82. The van der Waals surface area contributed by atoms with E-state index in [-0.39, 0.29) is 16.3 Å². The van der Waals surface area contributed by atoms with E-state index in [4.69, 9.17) is 9.26 Å². The third-order valence-electron chi connectivity index (χ3n) is 4.04. The highest BCUT2D eigenvalue weighted by molar-refractivity contribution is 7.92. The molecule has 1 N–H and O–H groups in total. The molecule has 2 aromatic carbocycles. The molecular formula is C18H16F2N2O4S. The second kappa shape index (κ2) is 6.99. The number of benzene rings is 2. The summed E-state index contributed by atoms with van der Waals surface area (Å²) in [7, 11) is -2.82. The molecule has 0 spiro atoms. The molecular weight excluding hydrogens is 378 g/mol. The van der Waals surface area contributed by atoms with Crippen LogP contribution in [0.15, 0.2) is 45.8 Å². The van der Waals surface area contributed by atoms with Crippen LogP contribution in [0, 0.1) is 25.5 Å². The van der Waals surface area contributed by atoms with Crippen LogP contribution in [-0.2, 0) is 10.0 Å². The van der Waals surface area contributed by atoms with Crippen LogP contribution >= 0.6 is 0 Å². The number of nitrogens with one attached hydrogen (secondary N) is 1. The first-order valence-electron chi connectivity index (χ1n) is 7.82. The van der Waals surface area contributed by atoms with E-state index >= 15 is 0 Å². The first-order chi connectivity index (χ1) is 12.7. The first kappa shape index (κ1) is 18.8. The predicted octanol–water partition coefficient (Wildman–Crippen LogP) is 4.05. The zero-order chi connectivity index (χ0) is 19.8. The van der Waals surface area contributed by atoms with Gasteiger partial charge in [-0.2, -0.15) is 0 Å². The molecule has 3 aromatic rings. The number of sulfonamides is 1.